The molecule has 1 aromatic carbocycles. The topological polar surface area (TPSA) is 29.5 Å². The molecule has 4 atom stereocenters. The third kappa shape index (κ3) is 4.29. The van der Waals surface area contributed by atoms with Gasteiger partial charge in [0.15, 0.2) is 0 Å². The van der Waals surface area contributed by atoms with Crippen molar-refractivity contribution in [3.63, 3.8) is 0 Å². The Morgan fingerprint density at radius 3 is 2.64 bits per heavy atom. The molecule has 2 aliphatic rings. The normalized spacial score (nSPS) is 28.4. The maximum absolute atomic E-state index is 12.5. The molecular weight excluding hydrogens is 364 g/mol. The molecule has 2 bridgehead atoms. The summed E-state index contributed by atoms with van der Waals surface area (Å²) in [5.74, 6) is -0.110. The fourth-order valence-electron chi connectivity index (χ4n) is 4.56. The summed E-state index contributed by atoms with van der Waals surface area (Å²) < 4.78 is 17.6. The van der Waals surface area contributed by atoms with Crippen molar-refractivity contribution in [2.24, 2.45) is 5.92 Å². The van der Waals surface area contributed by atoms with Crippen LogP contribution in [0.5, 0.6) is 0 Å². The van der Waals surface area contributed by atoms with Crippen molar-refractivity contribution >= 4 is 30.0 Å². The van der Waals surface area contributed by atoms with Crippen LogP contribution in [0.25, 0.3) is 0 Å². The molecule has 0 aromatic heterocycles. The van der Waals surface area contributed by atoms with Gasteiger partial charge in [-0.15, -0.1) is 12.4 Å². The Kier molecular flexibility index (Phi) is 7.53. The molecule has 0 spiro atoms. The fraction of sp³-hybridized carbons (Fsp3) is 0.632. The lowest BCUT2D eigenvalue weighted by atomic mass is 9.76. The number of carbonyl (C=O) groups excluding carboxylic acids is 1. The molecule has 0 saturated carbocycles. The second-order valence-electron chi connectivity index (χ2n) is 6.88. The van der Waals surface area contributed by atoms with E-state index in [0.717, 1.165) is 37.8 Å². The Bertz CT molecular complexity index is 569. The maximum Gasteiger partial charge on any atom is 0.310 e. The number of benzene rings is 1. The summed E-state index contributed by atoms with van der Waals surface area (Å²) in [4.78, 5) is 15.0. The summed E-state index contributed by atoms with van der Waals surface area (Å²) in [6.07, 6.45) is 4.53. The van der Waals surface area contributed by atoms with Crippen LogP contribution in [0.15, 0.2) is 24.3 Å². The quantitative estimate of drug-likeness (QED) is 0.524. The molecule has 0 aliphatic carbocycles. The van der Waals surface area contributed by atoms with Crippen LogP contribution in [0.3, 0.4) is 0 Å². The van der Waals surface area contributed by atoms with Gasteiger partial charge in [0.05, 0.1) is 19.7 Å². The van der Waals surface area contributed by atoms with Crippen LogP contribution >= 0.6 is 24.0 Å². The van der Waals surface area contributed by atoms with Gasteiger partial charge in [-0.25, -0.2) is 0 Å². The Balaban J connectivity index is 0.00000225. The zero-order chi connectivity index (χ0) is 17.1. The number of alkyl halides is 1. The molecule has 0 radical (unpaired) electrons. The van der Waals surface area contributed by atoms with Gasteiger partial charge in [-0.2, -0.15) is 0 Å². The Morgan fingerprint density at radius 2 is 2.00 bits per heavy atom. The van der Waals surface area contributed by atoms with E-state index < -0.39 is 0 Å². The van der Waals surface area contributed by atoms with Crippen molar-refractivity contribution in [1.82, 2.24) is 4.90 Å². The molecule has 2 saturated heterocycles. The molecule has 0 amide bonds. The van der Waals surface area contributed by atoms with Crippen LogP contribution in [0.2, 0.25) is 5.02 Å². The predicted molar refractivity (Wildman–Crippen MR) is 100 cm³/mol. The molecule has 2 fully saturated rings. The van der Waals surface area contributed by atoms with Crippen LogP contribution in [-0.4, -0.2) is 43.3 Å². The van der Waals surface area contributed by atoms with E-state index in [2.05, 4.69) is 4.90 Å². The minimum Gasteiger partial charge on any atom is -0.469 e. The van der Waals surface area contributed by atoms with Crippen LogP contribution in [-0.2, 0) is 9.53 Å². The number of ether oxygens (including phenoxy) is 1. The van der Waals surface area contributed by atoms with Gasteiger partial charge in [0, 0.05) is 23.0 Å². The van der Waals surface area contributed by atoms with Crippen molar-refractivity contribution < 1.29 is 13.9 Å². The van der Waals surface area contributed by atoms with Crippen LogP contribution in [0, 0.1) is 5.92 Å². The number of piperidine rings is 1. The second kappa shape index (κ2) is 9.20. The van der Waals surface area contributed by atoms with Gasteiger partial charge >= 0.3 is 5.97 Å². The number of hydrogen-bond donors (Lipinski definition) is 0. The summed E-state index contributed by atoms with van der Waals surface area (Å²) >= 11 is 6.01. The highest BCUT2D eigenvalue weighted by Gasteiger charge is 2.50. The number of hydrogen-bond acceptors (Lipinski definition) is 3. The zero-order valence-corrected chi connectivity index (χ0v) is 16.1. The second-order valence-corrected chi connectivity index (χ2v) is 7.31. The van der Waals surface area contributed by atoms with Gasteiger partial charge in [-0.05, 0) is 56.3 Å². The molecule has 2 aliphatic heterocycles. The minimum absolute atomic E-state index is 0. The number of fused-ring (bicyclic) bond motifs is 2. The molecule has 6 heteroatoms. The van der Waals surface area contributed by atoms with Gasteiger partial charge in [0.1, 0.15) is 0 Å². The van der Waals surface area contributed by atoms with E-state index in [0.29, 0.717) is 17.5 Å². The predicted octanol–water partition coefficient (Wildman–Crippen LogP) is 4.62. The lowest BCUT2D eigenvalue weighted by molar-refractivity contribution is -0.150. The molecule has 0 N–H and O–H groups in total. The molecule has 140 valence electrons. The Morgan fingerprint density at radius 1 is 1.28 bits per heavy atom. The SMILES string of the molecule is COC(=O)[C@H]1[C@@H](c2ccc(Cl)cc2)C[C@@H]2CC[C@H]1N2CCCCF.Cl. The number of unbranched alkanes of at least 4 members (excludes halogenated alkanes) is 1. The first-order valence-corrected chi connectivity index (χ1v) is 9.18. The van der Waals surface area contributed by atoms with E-state index >= 15 is 0 Å². The van der Waals surface area contributed by atoms with Crippen LogP contribution in [0.1, 0.15) is 43.6 Å². The number of rotatable bonds is 6. The molecule has 2 heterocycles. The van der Waals surface area contributed by atoms with Crippen molar-refractivity contribution in [2.75, 3.05) is 20.3 Å². The van der Waals surface area contributed by atoms with Crippen molar-refractivity contribution in [2.45, 2.75) is 50.1 Å². The largest absolute Gasteiger partial charge is 0.469 e. The van der Waals surface area contributed by atoms with Crippen LogP contribution < -0.4 is 0 Å². The van der Waals surface area contributed by atoms with E-state index in [9.17, 15) is 9.18 Å². The average molecular weight is 390 g/mol. The van der Waals surface area contributed by atoms with Gasteiger partial charge in [0.2, 0.25) is 0 Å². The van der Waals surface area contributed by atoms with Crippen molar-refractivity contribution in [3.05, 3.63) is 34.9 Å². The number of carbonyl (C=O) groups is 1. The first kappa shape index (κ1) is 20.5. The molecule has 3 rings (SSSR count). The Hall–Kier alpha value is -0.840. The smallest absolute Gasteiger partial charge is 0.310 e. The molecule has 25 heavy (non-hydrogen) atoms. The Labute approximate surface area is 160 Å². The zero-order valence-electron chi connectivity index (χ0n) is 14.5. The third-order valence-corrected chi connectivity index (χ3v) is 5.89. The molecule has 0 unspecified atom stereocenters. The summed E-state index contributed by atoms with van der Waals surface area (Å²) in [7, 11) is 1.47. The summed E-state index contributed by atoms with van der Waals surface area (Å²) in [5.41, 5.74) is 1.16. The first-order valence-electron chi connectivity index (χ1n) is 8.80. The molecular formula is C19H26Cl2FNO2. The maximum atomic E-state index is 12.5. The number of esters is 1. The van der Waals surface area contributed by atoms with E-state index in [1.165, 1.54) is 7.11 Å². The van der Waals surface area contributed by atoms with Crippen molar-refractivity contribution in [1.29, 1.82) is 0 Å². The van der Waals surface area contributed by atoms with Gasteiger partial charge < -0.3 is 4.74 Å². The summed E-state index contributed by atoms with van der Waals surface area (Å²) in [6, 6.07) is 8.52. The highest BCUT2D eigenvalue weighted by molar-refractivity contribution is 6.30. The van der Waals surface area contributed by atoms with Gasteiger partial charge in [-0.3, -0.25) is 14.1 Å². The summed E-state index contributed by atoms with van der Waals surface area (Å²) in [5, 5.41) is 0.708. The number of nitrogens with zero attached hydrogens (tertiary/aromatic N) is 1. The van der Waals surface area contributed by atoms with E-state index in [-0.39, 0.29) is 42.9 Å². The van der Waals surface area contributed by atoms with E-state index in [1.54, 1.807) is 0 Å². The standard InChI is InChI=1S/C19H25ClFNO2.ClH/c1-24-19(23)18-16(13-4-6-14(20)7-5-13)12-15-8-9-17(18)22(15)11-3-2-10-21;/h4-7,15-18H,2-3,8-12H2,1H3;1H/t15-,16+,17+,18-;/m0./s1. The highest BCUT2D eigenvalue weighted by Crippen LogP contribution is 2.47. The lowest BCUT2D eigenvalue weighted by Gasteiger charge is -2.43. The fourth-order valence-corrected chi connectivity index (χ4v) is 4.69. The minimum atomic E-state index is -0.267. The van der Waals surface area contributed by atoms with Gasteiger partial charge in [0.25, 0.3) is 0 Å². The van der Waals surface area contributed by atoms with Gasteiger partial charge in [-0.1, -0.05) is 23.7 Å². The van der Waals surface area contributed by atoms with E-state index in [4.69, 9.17) is 16.3 Å². The third-order valence-electron chi connectivity index (χ3n) is 5.64. The highest BCUT2D eigenvalue weighted by atomic mass is 35.5. The number of methoxy groups -OCH3 is 1. The van der Waals surface area contributed by atoms with E-state index in [1.807, 2.05) is 24.3 Å². The average Bonchev–Trinajstić information content (AvgIpc) is 2.87. The number of halogens is 3. The lowest BCUT2D eigenvalue weighted by Crippen LogP contribution is -2.51. The van der Waals surface area contributed by atoms with Crippen LogP contribution in [0.4, 0.5) is 4.39 Å². The molecule has 3 nitrogen and oxygen atoms in total. The first-order chi connectivity index (χ1) is 11.7. The monoisotopic (exact) mass is 389 g/mol. The van der Waals surface area contributed by atoms with Crippen molar-refractivity contribution in [3.8, 4) is 0 Å². The summed E-state index contributed by atoms with van der Waals surface area (Å²) in [6.45, 7) is 0.608. The molecule has 1 aromatic rings.